The van der Waals surface area contributed by atoms with E-state index in [9.17, 15) is 4.39 Å². The van der Waals surface area contributed by atoms with Gasteiger partial charge in [0.15, 0.2) is 0 Å². The maximum Gasteiger partial charge on any atom is 0.123 e. The van der Waals surface area contributed by atoms with E-state index in [1.54, 1.807) is 12.1 Å². The number of rotatable bonds is 2. The summed E-state index contributed by atoms with van der Waals surface area (Å²) in [6, 6.07) is 7.93. The number of hydrogen-bond donors (Lipinski definition) is 1. The lowest BCUT2D eigenvalue weighted by Crippen LogP contribution is -2.53. The number of nitrogens with zero attached hydrogens (tertiary/aromatic N) is 1. The molecule has 0 aromatic heterocycles. The van der Waals surface area contributed by atoms with E-state index in [0.29, 0.717) is 5.92 Å². The molecule has 19 heavy (non-hydrogen) atoms. The van der Waals surface area contributed by atoms with Crippen molar-refractivity contribution in [2.75, 3.05) is 13.1 Å². The van der Waals surface area contributed by atoms with Crippen molar-refractivity contribution >= 4 is 0 Å². The summed E-state index contributed by atoms with van der Waals surface area (Å²) in [6.07, 6.45) is 3.64. The Morgan fingerprint density at radius 2 is 1.79 bits per heavy atom. The highest BCUT2D eigenvalue weighted by Crippen LogP contribution is 2.35. The fourth-order valence-electron chi connectivity index (χ4n) is 3.61. The van der Waals surface area contributed by atoms with Crippen LogP contribution in [0.4, 0.5) is 4.39 Å². The predicted octanol–water partition coefficient (Wildman–Crippen LogP) is 2.74. The van der Waals surface area contributed by atoms with Crippen LogP contribution in [0.3, 0.4) is 0 Å². The first kappa shape index (κ1) is 13.1. The lowest BCUT2D eigenvalue weighted by Gasteiger charge is -2.47. The maximum absolute atomic E-state index is 13.0. The molecule has 1 saturated heterocycles. The molecule has 104 valence electrons. The van der Waals surface area contributed by atoms with Crippen molar-refractivity contribution in [2.24, 2.45) is 11.7 Å². The molecule has 3 heteroatoms. The van der Waals surface area contributed by atoms with Gasteiger partial charge in [-0.3, -0.25) is 4.90 Å². The van der Waals surface area contributed by atoms with Gasteiger partial charge in [-0.25, -0.2) is 4.39 Å². The molecule has 3 rings (SSSR count). The van der Waals surface area contributed by atoms with Gasteiger partial charge >= 0.3 is 0 Å². The highest BCUT2D eigenvalue weighted by atomic mass is 19.1. The number of piperidine rings is 1. The summed E-state index contributed by atoms with van der Waals surface area (Å²) in [4.78, 5) is 2.56. The zero-order valence-electron chi connectivity index (χ0n) is 11.6. The zero-order valence-corrected chi connectivity index (χ0v) is 11.6. The van der Waals surface area contributed by atoms with Crippen LogP contribution in [0.2, 0.25) is 0 Å². The van der Waals surface area contributed by atoms with Crippen molar-refractivity contribution in [3.8, 4) is 0 Å². The Balaban J connectivity index is 1.69. The summed E-state index contributed by atoms with van der Waals surface area (Å²) in [7, 11) is 0. The first-order chi connectivity index (χ1) is 9.11. The highest BCUT2D eigenvalue weighted by Gasteiger charge is 2.35. The molecule has 1 aromatic rings. The number of hydrogen-bond acceptors (Lipinski definition) is 2. The summed E-state index contributed by atoms with van der Waals surface area (Å²) in [5.74, 6) is 1.17. The van der Waals surface area contributed by atoms with Gasteiger partial charge in [-0.1, -0.05) is 19.1 Å². The third-order valence-corrected chi connectivity index (χ3v) is 4.72. The van der Waals surface area contributed by atoms with Gasteiger partial charge in [0.1, 0.15) is 5.82 Å². The summed E-state index contributed by atoms with van der Waals surface area (Å²) in [5.41, 5.74) is 7.45. The van der Waals surface area contributed by atoms with Gasteiger partial charge < -0.3 is 5.73 Å². The number of nitrogens with two attached hydrogens (primary N) is 1. The summed E-state index contributed by atoms with van der Waals surface area (Å²) in [6.45, 7) is 4.42. The van der Waals surface area contributed by atoms with Crippen molar-refractivity contribution in [3.05, 3.63) is 35.6 Å². The van der Waals surface area contributed by atoms with E-state index in [2.05, 4.69) is 11.8 Å². The van der Waals surface area contributed by atoms with E-state index in [1.807, 2.05) is 12.1 Å². The van der Waals surface area contributed by atoms with Crippen LogP contribution in [0.25, 0.3) is 0 Å². The molecular formula is C16H23FN2. The largest absolute Gasteiger partial charge is 0.327 e. The van der Waals surface area contributed by atoms with E-state index in [1.165, 1.54) is 18.4 Å². The first-order valence-electron chi connectivity index (χ1n) is 7.37. The molecular weight excluding hydrogens is 239 g/mol. The average Bonchev–Trinajstić information content (AvgIpc) is 2.35. The van der Waals surface area contributed by atoms with E-state index in [0.717, 1.165) is 31.5 Å². The van der Waals surface area contributed by atoms with E-state index >= 15 is 0 Å². The second kappa shape index (κ2) is 5.22. The van der Waals surface area contributed by atoms with Crippen LogP contribution < -0.4 is 5.73 Å². The molecule has 2 N–H and O–H groups in total. The quantitative estimate of drug-likeness (QED) is 0.888. The Morgan fingerprint density at radius 1 is 1.11 bits per heavy atom. The smallest absolute Gasteiger partial charge is 0.123 e. The predicted molar refractivity (Wildman–Crippen MR) is 75.5 cm³/mol. The van der Waals surface area contributed by atoms with Crippen molar-refractivity contribution in [1.82, 2.24) is 4.90 Å². The van der Waals surface area contributed by atoms with Gasteiger partial charge in [-0.05, 0) is 48.8 Å². The number of likely N-dealkylation sites (tertiary alicyclic amines) is 1. The molecule has 2 unspecified atom stereocenters. The maximum atomic E-state index is 13.0. The summed E-state index contributed by atoms with van der Waals surface area (Å²) >= 11 is 0. The monoisotopic (exact) mass is 262 g/mol. The molecule has 2 fully saturated rings. The SMILES string of the molecule is CC1CC(N2CC(N)CC(c3ccc(F)cc3)C2)C1. The Kier molecular flexibility index (Phi) is 3.59. The van der Waals surface area contributed by atoms with Gasteiger partial charge in [0.25, 0.3) is 0 Å². The van der Waals surface area contributed by atoms with Crippen molar-refractivity contribution in [3.63, 3.8) is 0 Å². The third-order valence-electron chi connectivity index (χ3n) is 4.72. The molecule has 1 aliphatic carbocycles. The van der Waals surface area contributed by atoms with E-state index < -0.39 is 0 Å². The Morgan fingerprint density at radius 3 is 2.42 bits per heavy atom. The van der Waals surface area contributed by atoms with Crippen molar-refractivity contribution < 1.29 is 4.39 Å². The van der Waals surface area contributed by atoms with Crippen LogP contribution >= 0.6 is 0 Å². The Bertz CT molecular complexity index is 425. The molecule has 2 atom stereocenters. The summed E-state index contributed by atoms with van der Waals surface area (Å²) < 4.78 is 13.0. The van der Waals surface area contributed by atoms with E-state index in [-0.39, 0.29) is 11.9 Å². The lowest BCUT2D eigenvalue weighted by atomic mass is 9.78. The molecule has 0 bridgehead atoms. The second-order valence-corrected chi connectivity index (χ2v) is 6.43. The van der Waals surface area contributed by atoms with Gasteiger partial charge in [-0.15, -0.1) is 0 Å². The molecule has 1 aliphatic heterocycles. The standard InChI is InChI=1S/C16H23FN2/c1-11-6-16(7-11)19-9-13(8-15(18)10-19)12-2-4-14(17)5-3-12/h2-5,11,13,15-16H,6-10,18H2,1H3. The zero-order chi connectivity index (χ0) is 13.4. The van der Waals surface area contributed by atoms with Gasteiger partial charge in [-0.2, -0.15) is 0 Å². The van der Waals surface area contributed by atoms with Crippen LogP contribution in [0.15, 0.2) is 24.3 Å². The molecule has 2 nitrogen and oxygen atoms in total. The molecule has 0 spiro atoms. The second-order valence-electron chi connectivity index (χ2n) is 6.43. The van der Waals surface area contributed by atoms with Crippen LogP contribution in [-0.2, 0) is 0 Å². The topological polar surface area (TPSA) is 29.3 Å². The fourth-order valence-corrected chi connectivity index (χ4v) is 3.61. The Hall–Kier alpha value is -0.930. The van der Waals surface area contributed by atoms with E-state index in [4.69, 9.17) is 5.73 Å². The number of benzene rings is 1. The van der Waals surface area contributed by atoms with Crippen molar-refractivity contribution in [2.45, 2.75) is 44.2 Å². The molecule has 0 radical (unpaired) electrons. The van der Waals surface area contributed by atoms with Crippen LogP contribution in [0.1, 0.15) is 37.7 Å². The molecule has 2 aliphatic rings. The normalized spacial score (nSPS) is 35.9. The minimum absolute atomic E-state index is 0.159. The van der Waals surface area contributed by atoms with Gasteiger partial charge in [0.2, 0.25) is 0 Å². The van der Waals surface area contributed by atoms with Crippen LogP contribution in [0, 0.1) is 11.7 Å². The van der Waals surface area contributed by atoms with Crippen LogP contribution in [-0.4, -0.2) is 30.1 Å². The number of halogens is 1. The Labute approximate surface area is 114 Å². The fraction of sp³-hybridized carbons (Fsp3) is 0.625. The summed E-state index contributed by atoms with van der Waals surface area (Å²) in [5, 5.41) is 0. The molecule has 1 saturated carbocycles. The molecule has 0 amide bonds. The van der Waals surface area contributed by atoms with Gasteiger partial charge in [0.05, 0.1) is 0 Å². The average molecular weight is 262 g/mol. The molecule has 1 heterocycles. The highest BCUT2D eigenvalue weighted by molar-refractivity contribution is 5.22. The lowest BCUT2D eigenvalue weighted by molar-refractivity contribution is 0.0541. The third kappa shape index (κ3) is 2.82. The van der Waals surface area contributed by atoms with Gasteiger partial charge in [0, 0.05) is 25.2 Å². The minimum Gasteiger partial charge on any atom is -0.327 e. The van der Waals surface area contributed by atoms with Crippen LogP contribution in [0.5, 0.6) is 0 Å². The first-order valence-corrected chi connectivity index (χ1v) is 7.37. The minimum atomic E-state index is -0.159. The van der Waals surface area contributed by atoms with Crippen molar-refractivity contribution in [1.29, 1.82) is 0 Å². The molecule has 1 aromatic carbocycles.